The molecule has 0 radical (unpaired) electrons. The van der Waals surface area contributed by atoms with Crippen molar-refractivity contribution in [3.05, 3.63) is 46.6 Å². The third-order valence-corrected chi connectivity index (χ3v) is 6.60. The van der Waals surface area contributed by atoms with E-state index >= 15 is 4.39 Å². The maximum atomic E-state index is 16.1. The number of fused-ring (bicyclic) bond motifs is 2. The van der Waals surface area contributed by atoms with Crippen molar-refractivity contribution >= 4 is 43.4 Å². The highest BCUT2D eigenvalue weighted by atomic mass is 79.9. The van der Waals surface area contributed by atoms with Crippen molar-refractivity contribution in [2.24, 2.45) is 0 Å². The standard InChI is InChI=1S/C24H21BrF2N4O4/c1-24(33)10-31(5-6-35-11-24)22-15-9-28-20(19(27)21(15)29-23(30-22)34-2)14-8-13(32)7-12-3-4-16(26)18(25)17(12)14/h3-4,7-9,32-33H,5-6,10-11H2,1-2H3. The molecule has 1 fully saturated rings. The van der Waals surface area contributed by atoms with E-state index in [1.54, 1.807) is 11.8 Å². The Morgan fingerprint density at radius 3 is 2.80 bits per heavy atom. The van der Waals surface area contributed by atoms with Crippen molar-refractivity contribution in [2.75, 3.05) is 38.3 Å². The van der Waals surface area contributed by atoms with Crippen molar-refractivity contribution < 1.29 is 28.5 Å². The minimum atomic E-state index is -1.15. The van der Waals surface area contributed by atoms with E-state index in [-0.39, 0.29) is 46.2 Å². The number of hydrogen-bond acceptors (Lipinski definition) is 8. The Kier molecular flexibility index (Phi) is 5.94. The fourth-order valence-corrected chi connectivity index (χ4v) is 4.87. The summed E-state index contributed by atoms with van der Waals surface area (Å²) in [5.41, 5.74) is -1.15. The molecule has 8 nitrogen and oxygen atoms in total. The minimum Gasteiger partial charge on any atom is -0.508 e. The molecule has 182 valence electrons. The summed E-state index contributed by atoms with van der Waals surface area (Å²) >= 11 is 3.24. The Morgan fingerprint density at radius 2 is 2.03 bits per heavy atom. The van der Waals surface area contributed by atoms with Gasteiger partial charge in [-0.15, -0.1) is 0 Å². The van der Waals surface area contributed by atoms with Gasteiger partial charge in [-0.3, -0.25) is 4.98 Å². The molecule has 0 amide bonds. The predicted molar refractivity (Wildman–Crippen MR) is 130 cm³/mol. The summed E-state index contributed by atoms with van der Waals surface area (Å²) in [7, 11) is 1.37. The van der Waals surface area contributed by atoms with Crippen LogP contribution in [0.1, 0.15) is 6.92 Å². The Bertz CT molecular complexity index is 1470. The normalized spacial score (nSPS) is 18.7. The molecule has 0 spiro atoms. The summed E-state index contributed by atoms with van der Waals surface area (Å²) in [5, 5.41) is 22.0. The van der Waals surface area contributed by atoms with Crippen LogP contribution in [0.5, 0.6) is 11.8 Å². The van der Waals surface area contributed by atoms with E-state index in [0.29, 0.717) is 35.1 Å². The predicted octanol–water partition coefficient (Wildman–Crippen LogP) is 4.19. The van der Waals surface area contributed by atoms with Gasteiger partial charge in [0.15, 0.2) is 5.82 Å². The average Bonchev–Trinajstić information content (AvgIpc) is 3.01. The lowest BCUT2D eigenvalue weighted by Gasteiger charge is -2.29. The molecule has 1 aliphatic rings. The molecule has 2 aromatic heterocycles. The van der Waals surface area contributed by atoms with Gasteiger partial charge >= 0.3 is 6.01 Å². The molecule has 4 aromatic rings. The first kappa shape index (κ1) is 23.6. The highest BCUT2D eigenvalue weighted by Gasteiger charge is 2.30. The second-order valence-corrected chi connectivity index (χ2v) is 9.43. The van der Waals surface area contributed by atoms with Gasteiger partial charge in [-0.25, -0.2) is 8.78 Å². The maximum Gasteiger partial charge on any atom is 0.318 e. The Labute approximate surface area is 207 Å². The van der Waals surface area contributed by atoms with Crippen LogP contribution in [0.25, 0.3) is 32.9 Å². The van der Waals surface area contributed by atoms with Crippen LogP contribution in [0.2, 0.25) is 0 Å². The molecule has 0 saturated carbocycles. The van der Waals surface area contributed by atoms with Crippen molar-refractivity contribution in [3.63, 3.8) is 0 Å². The van der Waals surface area contributed by atoms with Gasteiger partial charge < -0.3 is 24.6 Å². The van der Waals surface area contributed by atoms with Gasteiger partial charge in [0.05, 0.1) is 36.7 Å². The molecule has 0 aliphatic carbocycles. The number of aromatic nitrogens is 3. The van der Waals surface area contributed by atoms with Gasteiger partial charge in [0.2, 0.25) is 0 Å². The van der Waals surface area contributed by atoms with Gasteiger partial charge in [0, 0.05) is 23.7 Å². The molecule has 1 saturated heterocycles. The molecule has 35 heavy (non-hydrogen) atoms. The summed E-state index contributed by atoms with van der Waals surface area (Å²) in [4.78, 5) is 14.7. The third-order valence-electron chi connectivity index (χ3n) is 5.82. The number of halogens is 3. The van der Waals surface area contributed by atoms with Crippen LogP contribution in [0, 0.1) is 11.6 Å². The average molecular weight is 547 g/mol. The second-order valence-electron chi connectivity index (χ2n) is 8.64. The lowest BCUT2D eigenvalue weighted by atomic mass is 10.00. The van der Waals surface area contributed by atoms with Crippen molar-refractivity contribution in [1.82, 2.24) is 15.0 Å². The number of phenolic OH excluding ortho intramolecular Hbond substituents is 1. The van der Waals surface area contributed by atoms with E-state index in [9.17, 15) is 14.6 Å². The Morgan fingerprint density at radius 1 is 1.23 bits per heavy atom. The molecule has 11 heteroatoms. The van der Waals surface area contributed by atoms with Crippen LogP contribution < -0.4 is 9.64 Å². The molecule has 1 unspecified atom stereocenters. The summed E-state index contributed by atoms with van der Waals surface area (Å²) < 4.78 is 41.3. The smallest absolute Gasteiger partial charge is 0.318 e. The molecule has 0 bridgehead atoms. The van der Waals surface area contributed by atoms with Crippen LogP contribution in [0.4, 0.5) is 14.6 Å². The van der Waals surface area contributed by atoms with E-state index < -0.39 is 17.2 Å². The number of aliphatic hydroxyl groups is 1. The van der Waals surface area contributed by atoms with Crippen LogP contribution >= 0.6 is 15.9 Å². The first-order chi connectivity index (χ1) is 16.7. The number of rotatable bonds is 3. The minimum absolute atomic E-state index is 0.0642. The van der Waals surface area contributed by atoms with E-state index in [0.717, 1.165) is 0 Å². The van der Waals surface area contributed by atoms with Gasteiger partial charge in [0.1, 0.15) is 34.2 Å². The lowest BCUT2D eigenvalue weighted by Crippen LogP contribution is -2.42. The first-order valence-electron chi connectivity index (χ1n) is 10.7. The van der Waals surface area contributed by atoms with Crippen LogP contribution in [-0.4, -0.2) is 64.2 Å². The van der Waals surface area contributed by atoms with E-state index in [2.05, 4.69) is 30.9 Å². The molecule has 2 N–H and O–H groups in total. The number of nitrogens with zero attached hydrogens (tertiary/aromatic N) is 4. The number of anilines is 1. The van der Waals surface area contributed by atoms with Gasteiger partial charge in [0.25, 0.3) is 0 Å². The molecule has 3 heterocycles. The summed E-state index contributed by atoms with van der Waals surface area (Å²) in [6.07, 6.45) is 1.42. The molecular weight excluding hydrogens is 526 g/mol. The van der Waals surface area contributed by atoms with Gasteiger partial charge in [-0.1, -0.05) is 6.07 Å². The lowest BCUT2D eigenvalue weighted by molar-refractivity contribution is -0.0123. The number of phenols is 1. The van der Waals surface area contributed by atoms with Crippen LogP contribution in [0.3, 0.4) is 0 Å². The molecule has 1 aliphatic heterocycles. The van der Waals surface area contributed by atoms with Crippen molar-refractivity contribution in [2.45, 2.75) is 12.5 Å². The Hall–Kier alpha value is -3.15. The molecule has 1 atom stereocenters. The number of β-amino-alcohol motifs (C(OH)–C–C–N with tert-alkyl or cyclic N) is 1. The fraction of sp³-hybridized carbons (Fsp3) is 0.292. The summed E-state index contributed by atoms with van der Waals surface area (Å²) in [6, 6.07) is 5.46. The first-order valence-corrected chi connectivity index (χ1v) is 11.5. The van der Waals surface area contributed by atoms with E-state index in [1.807, 2.05) is 0 Å². The maximum absolute atomic E-state index is 16.1. The quantitative estimate of drug-likeness (QED) is 0.394. The summed E-state index contributed by atoms with van der Waals surface area (Å²) in [6.45, 7) is 2.73. The highest BCUT2D eigenvalue weighted by Crippen LogP contribution is 2.40. The summed E-state index contributed by atoms with van der Waals surface area (Å²) in [5.74, 6) is -1.11. The number of aromatic hydroxyl groups is 1. The van der Waals surface area contributed by atoms with Crippen molar-refractivity contribution in [3.8, 4) is 23.0 Å². The van der Waals surface area contributed by atoms with Gasteiger partial charge in [-0.05, 0) is 46.4 Å². The molecular formula is C24H21BrF2N4O4. The number of methoxy groups -OCH3 is 1. The number of hydrogen-bond donors (Lipinski definition) is 2. The zero-order valence-corrected chi connectivity index (χ0v) is 20.4. The third kappa shape index (κ3) is 4.24. The Balaban J connectivity index is 1.76. The SMILES string of the molecule is COc1nc(N2CCOCC(C)(O)C2)c2cnc(-c3cc(O)cc4ccc(F)c(Br)c34)c(F)c2n1. The number of ether oxygens (including phenoxy) is 2. The zero-order valence-electron chi connectivity index (χ0n) is 18.8. The van der Waals surface area contributed by atoms with Gasteiger partial charge in [-0.2, -0.15) is 9.97 Å². The highest BCUT2D eigenvalue weighted by molar-refractivity contribution is 9.10. The molecule has 2 aromatic carbocycles. The van der Waals surface area contributed by atoms with Crippen LogP contribution in [0.15, 0.2) is 34.9 Å². The number of pyridine rings is 1. The van der Waals surface area contributed by atoms with E-state index in [4.69, 9.17) is 9.47 Å². The zero-order chi connectivity index (χ0) is 24.9. The van der Waals surface area contributed by atoms with Crippen molar-refractivity contribution in [1.29, 1.82) is 0 Å². The molecule has 5 rings (SSSR count). The monoisotopic (exact) mass is 546 g/mol. The fourth-order valence-electron chi connectivity index (χ4n) is 4.29. The van der Waals surface area contributed by atoms with E-state index in [1.165, 1.54) is 37.6 Å². The topological polar surface area (TPSA) is 101 Å². The van der Waals surface area contributed by atoms with Crippen LogP contribution in [-0.2, 0) is 4.74 Å². The second kappa shape index (κ2) is 8.81. The largest absolute Gasteiger partial charge is 0.508 e. The number of benzene rings is 2.